The Bertz CT molecular complexity index is 1180. The van der Waals surface area contributed by atoms with Crippen LogP contribution in [0.2, 0.25) is 5.02 Å². The van der Waals surface area contributed by atoms with Crippen LogP contribution in [0.3, 0.4) is 0 Å². The standard InChI is InChI=1S/C28H33ClO4S/c1-17(28-21-4-2-5-22(28)14-21)26(31)12-18-8-9-20-10-19(16-30)13-27(25(20)11-18)34(32,33)24-7-3-6-23(29)15-24/h3,6-9,11,15,17,19,21-22,27-28,30H,2,4-5,10,12-14,16H2,1H3/t17-,19-,21?,22?,27?,28?/m1/s1. The van der Waals surface area contributed by atoms with Crippen LogP contribution in [0.4, 0.5) is 0 Å². The van der Waals surface area contributed by atoms with E-state index in [1.807, 2.05) is 18.2 Å². The van der Waals surface area contributed by atoms with Gasteiger partial charge in [-0.15, -0.1) is 0 Å². The molecule has 5 rings (SSSR count). The molecule has 2 saturated carbocycles. The summed E-state index contributed by atoms with van der Waals surface area (Å²) in [5.74, 6) is 2.16. The van der Waals surface area contributed by atoms with Gasteiger partial charge in [-0.25, -0.2) is 8.42 Å². The summed E-state index contributed by atoms with van der Waals surface area (Å²) in [5, 5.41) is 9.46. The number of halogens is 1. The molecule has 0 aromatic heterocycles. The molecule has 34 heavy (non-hydrogen) atoms. The first kappa shape index (κ1) is 24.0. The Morgan fingerprint density at radius 2 is 1.88 bits per heavy atom. The SMILES string of the molecule is C[C@H](C(=O)Cc1ccc2c(c1)C(S(=O)(=O)c1cccc(Cl)c1)C[C@H](CO)C2)C1C2CCCC1C2. The van der Waals surface area contributed by atoms with E-state index in [4.69, 9.17) is 11.6 Å². The number of carbonyl (C=O) groups excluding carboxylic acids is 1. The Morgan fingerprint density at radius 3 is 2.56 bits per heavy atom. The smallest absolute Gasteiger partial charge is 0.185 e. The number of rotatable bonds is 7. The highest BCUT2D eigenvalue weighted by atomic mass is 35.5. The Balaban J connectivity index is 1.42. The summed E-state index contributed by atoms with van der Waals surface area (Å²) in [5.41, 5.74) is 2.59. The van der Waals surface area contributed by atoms with Crippen molar-refractivity contribution in [1.29, 1.82) is 0 Å². The maximum atomic E-state index is 13.6. The van der Waals surface area contributed by atoms with Crippen molar-refractivity contribution < 1.29 is 18.3 Å². The first-order valence-electron chi connectivity index (χ1n) is 12.5. The number of carbonyl (C=O) groups is 1. The van der Waals surface area contributed by atoms with Gasteiger partial charge in [0.25, 0.3) is 0 Å². The number of sulfone groups is 1. The Kier molecular flexibility index (Phi) is 6.64. The van der Waals surface area contributed by atoms with Gasteiger partial charge in [-0.1, -0.05) is 62.1 Å². The highest BCUT2D eigenvalue weighted by Crippen LogP contribution is 2.54. The van der Waals surface area contributed by atoms with Crippen molar-refractivity contribution in [2.24, 2.45) is 29.6 Å². The maximum Gasteiger partial charge on any atom is 0.185 e. The average Bonchev–Trinajstić information content (AvgIpc) is 2.83. The Morgan fingerprint density at radius 1 is 1.12 bits per heavy atom. The molecule has 2 fully saturated rings. The molecule has 2 aromatic rings. The van der Waals surface area contributed by atoms with Crippen molar-refractivity contribution in [2.75, 3.05) is 6.61 Å². The normalized spacial score (nSPS) is 29.1. The molecule has 3 aliphatic carbocycles. The highest BCUT2D eigenvalue weighted by Gasteiger charge is 2.47. The van der Waals surface area contributed by atoms with Crippen LogP contribution in [-0.2, 0) is 27.5 Å². The highest BCUT2D eigenvalue weighted by molar-refractivity contribution is 7.91. The van der Waals surface area contributed by atoms with Gasteiger partial charge in [-0.3, -0.25) is 4.79 Å². The van der Waals surface area contributed by atoms with Gasteiger partial charge < -0.3 is 5.11 Å². The zero-order valence-corrected chi connectivity index (χ0v) is 21.2. The fraction of sp³-hybridized carbons (Fsp3) is 0.536. The predicted molar refractivity (Wildman–Crippen MR) is 134 cm³/mol. The van der Waals surface area contributed by atoms with Gasteiger partial charge in [-0.05, 0) is 77.8 Å². The fourth-order valence-corrected chi connectivity index (χ4v) is 9.08. The number of hydrogen-bond acceptors (Lipinski definition) is 4. The Hall–Kier alpha value is -1.69. The number of hydrogen-bond donors (Lipinski definition) is 1. The molecule has 0 heterocycles. The molecule has 2 bridgehead atoms. The summed E-state index contributed by atoms with van der Waals surface area (Å²) in [6.07, 6.45) is 6.45. The molecule has 0 aliphatic heterocycles. The van der Waals surface area contributed by atoms with Crippen molar-refractivity contribution in [1.82, 2.24) is 0 Å². The topological polar surface area (TPSA) is 71.4 Å². The van der Waals surface area contributed by atoms with Crippen molar-refractivity contribution in [2.45, 2.75) is 62.0 Å². The molecule has 0 radical (unpaired) electrons. The number of aliphatic hydroxyl groups is 1. The number of ketones is 1. The molecule has 0 spiro atoms. The molecule has 5 atom stereocenters. The van der Waals surface area contributed by atoms with E-state index in [0.29, 0.717) is 42.0 Å². The molecular formula is C28H33ClO4S. The van der Waals surface area contributed by atoms with Crippen LogP contribution >= 0.6 is 11.6 Å². The quantitative estimate of drug-likeness (QED) is 0.537. The lowest BCUT2D eigenvalue weighted by atomic mass is 9.53. The fourth-order valence-electron chi connectivity index (χ4n) is 6.85. The minimum Gasteiger partial charge on any atom is -0.396 e. The summed E-state index contributed by atoms with van der Waals surface area (Å²) >= 11 is 6.09. The van der Waals surface area contributed by atoms with Crippen LogP contribution < -0.4 is 0 Å². The minimum atomic E-state index is -3.70. The van der Waals surface area contributed by atoms with E-state index in [1.165, 1.54) is 31.7 Å². The number of Topliss-reactive ketones (excluding diaryl/α,β-unsaturated/α-hetero) is 1. The lowest BCUT2D eigenvalue weighted by molar-refractivity contribution is -0.130. The van der Waals surface area contributed by atoms with E-state index >= 15 is 0 Å². The van der Waals surface area contributed by atoms with E-state index in [1.54, 1.807) is 18.2 Å². The second kappa shape index (κ2) is 9.40. The van der Waals surface area contributed by atoms with Crippen LogP contribution in [0.25, 0.3) is 0 Å². The van der Waals surface area contributed by atoms with Crippen LogP contribution in [0, 0.1) is 29.6 Å². The van der Waals surface area contributed by atoms with Gasteiger partial charge >= 0.3 is 0 Å². The third kappa shape index (κ3) is 4.36. The molecule has 4 nitrogen and oxygen atoms in total. The van der Waals surface area contributed by atoms with E-state index in [0.717, 1.165) is 16.7 Å². The average molecular weight is 501 g/mol. The van der Waals surface area contributed by atoms with Crippen LogP contribution in [0.15, 0.2) is 47.4 Å². The van der Waals surface area contributed by atoms with Crippen LogP contribution in [0.5, 0.6) is 0 Å². The molecule has 2 aromatic carbocycles. The van der Waals surface area contributed by atoms with E-state index < -0.39 is 15.1 Å². The summed E-state index contributed by atoms with van der Waals surface area (Å²) in [4.78, 5) is 13.4. The third-order valence-corrected chi connectivity index (χ3v) is 11.0. The van der Waals surface area contributed by atoms with Gasteiger partial charge in [0.05, 0.1) is 10.1 Å². The molecule has 0 saturated heterocycles. The summed E-state index contributed by atoms with van der Waals surface area (Å²) in [7, 11) is -3.70. The van der Waals surface area contributed by atoms with Crippen molar-refractivity contribution in [3.8, 4) is 0 Å². The molecular weight excluding hydrogens is 468 g/mol. The second-order valence-corrected chi connectivity index (χ2v) is 13.3. The van der Waals surface area contributed by atoms with Gasteiger partial charge in [0.2, 0.25) is 0 Å². The predicted octanol–water partition coefficient (Wildman–Crippen LogP) is 5.59. The zero-order chi connectivity index (χ0) is 24.0. The molecule has 3 aliphatic rings. The number of fused-ring (bicyclic) bond motifs is 3. The summed E-state index contributed by atoms with van der Waals surface area (Å²) in [6, 6.07) is 12.2. The zero-order valence-electron chi connectivity index (χ0n) is 19.6. The van der Waals surface area contributed by atoms with Gasteiger partial charge in [0, 0.05) is 24.0 Å². The molecule has 1 N–H and O–H groups in total. The van der Waals surface area contributed by atoms with Gasteiger partial charge in [0.15, 0.2) is 9.84 Å². The maximum absolute atomic E-state index is 13.6. The van der Waals surface area contributed by atoms with Gasteiger partial charge in [0.1, 0.15) is 5.78 Å². The lowest BCUT2D eigenvalue weighted by Gasteiger charge is -2.52. The molecule has 3 unspecified atom stereocenters. The van der Waals surface area contributed by atoms with E-state index in [9.17, 15) is 18.3 Å². The molecule has 6 heteroatoms. The second-order valence-electron chi connectivity index (χ2n) is 10.7. The van der Waals surface area contributed by atoms with Gasteiger partial charge in [-0.2, -0.15) is 0 Å². The lowest BCUT2D eigenvalue weighted by Crippen LogP contribution is -2.46. The largest absolute Gasteiger partial charge is 0.396 e. The first-order chi connectivity index (χ1) is 16.3. The monoisotopic (exact) mass is 500 g/mol. The first-order valence-corrected chi connectivity index (χ1v) is 14.4. The molecule has 182 valence electrons. The van der Waals surface area contributed by atoms with Crippen molar-refractivity contribution >= 4 is 27.2 Å². The molecule has 0 amide bonds. The van der Waals surface area contributed by atoms with Crippen molar-refractivity contribution in [3.63, 3.8) is 0 Å². The minimum absolute atomic E-state index is 0.0531. The summed E-state index contributed by atoms with van der Waals surface area (Å²) < 4.78 is 27.3. The Labute approximate surface area is 207 Å². The van der Waals surface area contributed by atoms with E-state index in [2.05, 4.69) is 6.92 Å². The van der Waals surface area contributed by atoms with Crippen LogP contribution in [-0.4, -0.2) is 25.9 Å². The van der Waals surface area contributed by atoms with Crippen LogP contribution in [0.1, 0.15) is 61.0 Å². The van der Waals surface area contributed by atoms with E-state index in [-0.39, 0.29) is 29.1 Å². The van der Waals surface area contributed by atoms with Crippen molar-refractivity contribution in [3.05, 3.63) is 64.2 Å². The number of aliphatic hydroxyl groups excluding tert-OH is 1. The third-order valence-electron chi connectivity index (χ3n) is 8.68. The number of benzene rings is 2. The summed E-state index contributed by atoms with van der Waals surface area (Å²) in [6.45, 7) is 2.04.